The van der Waals surface area contributed by atoms with Crippen molar-refractivity contribution in [3.05, 3.63) is 0 Å². The van der Waals surface area contributed by atoms with Crippen LogP contribution in [0.1, 0.15) is 52.9 Å². The van der Waals surface area contributed by atoms with E-state index in [2.05, 4.69) is 29.4 Å². The third-order valence-electron chi connectivity index (χ3n) is 5.34. The van der Waals surface area contributed by atoms with Gasteiger partial charge >= 0.3 is 6.03 Å². The van der Waals surface area contributed by atoms with Crippen LogP contribution in [0.3, 0.4) is 0 Å². The zero-order valence-electron chi connectivity index (χ0n) is 15.1. The molecule has 0 spiro atoms. The predicted octanol–water partition coefficient (Wildman–Crippen LogP) is 2.20. The van der Waals surface area contributed by atoms with Crippen LogP contribution in [0.2, 0.25) is 0 Å². The molecule has 1 saturated carbocycles. The van der Waals surface area contributed by atoms with E-state index in [0.717, 1.165) is 44.1 Å². The van der Waals surface area contributed by atoms with Crippen LogP contribution < -0.4 is 10.6 Å². The van der Waals surface area contributed by atoms with Crippen LogP contribution in [-0.2, 0) is 0 Å². The molecule has 0 aromatic rings. The van der Waals surface area contributed by atoms with Gasteiger partial charge in [-0.1, -0.05) is 13.8 Å². The maximum absolute atomic E-state index is 12.0. The monoisotopic (exact) mass is 325 g/mol. The smallest absolute Gasteiger partial charge is 0.315 e. The number of nitrogens with zero attached hydrogens (tertiary/aromatic N) is 1. The Morgan fingerprint density at radius 2 is 1.87 bits per heavy atom. The highest BCUT2D eigenvalue weighted by molar-refractivity contribution is 5.74. The summed E-state index contributed by atoms with van der Waals surface area (Å²) in [5.41, 5.74) is -0.454. The molecule has 1 aliphatic carbocycles. The van der Waals surface area contributed by atoms with Crippen molar-refractivity contribution < 1.29 is 9.90 Å². The number of piperidine rings is 1. The number of hydrogen-bond donors (Lipinski definition) is 3. The molecule has 2 fully saturated rings. The first-order valence-corrected chi connectivity index (χ1v) is 9.32. The molecule has 5 heteroatoms. The first kappa shape index (κ1) is 18.5. The minimum Gasteiger partial charge on any atom is -0.394 e. The maximum atomic E-state index is 12.0. The summed E-state index contributed by atoms with van der Waals surface area (Å²) >= 11 is 0. The molecule has 3 unspecified atom stereocenters. The number of rotatable bonds is 8. The number of amides is 2. The number of carbonyl (C=O) groups excluding carboxylic acids is 1. The van der Waals surface area contributed by atoms with Crippen molar-refractivity contribution >= 4 is 6.03 Å². The second kappa shape index (κ2) is 8.34. The second-order valence-electron chi connectivity index (χ2n) is 8.14. The number of unbranched alkanes of at least 4 members (excludes halogenated alkanes) is 1. The lowest BCUT2D eigenvalue weighted by Crippen LogP contribution is -2.54. The molecular formula is C18H35N3O2. The lowest BCUT2D eigenvalue weighted by Gasteiger charge is -2.35. The Morgan fingerprint density at radius 3 is 2.43 bits per heavy atom. The van der Waals surface area contributed by atoms with Crippen molar-refractivity contribution in [2.24, 2.45) is 17.8 Å². The first-order valence-electron chi connectivity index (χ1n) is 9.32. The molecular weight excluding hydrogens is 290 g/mol. The van der Waals surface area contributed by atoms with E-state index >= 15 is 0 Å². The molecule has 2 amide bonds. The quantitative estimate of drug-likeness (QED) is 0.600. The van der Waals surface area contributed by atoms with Crippen molar-refractivity contribution in [2.75, 3.05) is 32.8 Å². The van der Waals surface area contributed by atoms with Crippen molar-refractivity contribution in [2.45, 2.75) is 58.4 Å². The first-order chi connectivity index (χ1) is 10.9. The normalized spacial score (nSPS) is 28.2. The fraction of sp³-hybridized carbons (Fsp3) is 0.944. The molecule has 2 rings (SSSR count). The van der Waals surface area contributed by atoms with Crippen LogP contribution in [0.15, 0.2) is 0 Å². The summed E-state index contributed by atoms with van der Waals surface area (Å²) in [5, 5.41) is 15.4. The van der Waals surface area contributed by atoms with Gasteiger partial charge in [-0.15, -0.1) is 0 Å². The number of carbonyl (C=O) groups is 1. The lowest BCUT2D eigenvalue weighted by atomic mass is 9.92. The third kappa shape index (κ3) is 5.96. The number of hydrogen-bond acceptors (Lipinski definition) is 3. The van der Waals surface area contributed by atoms with Crippen LogP contribution in [0.4, 0.5) is 4.79 Å². The van der Waals surface area contributed by atoms with Crippen LogP contribution >= 0.6 is 0 Å². The average molecular weight is 325 g/mol. The minimum absolute atomic E-state index is 0.0103. The number of aliphatic hydroxyl groups is 1. The standard InChI is InChI=1S/C18H35N3O2/c1-14-10-15(2)12-21(11-14)9-5-4-8-19-17(23)20-18(3,13-22)16-6-7-16/h14-16,22H,4-13H2,1-3H3,(H2,19,20,23). The average Bonchev–Trinajstić information content (AvgIpc) is 3.30. The van der Waals surface area contributed by atoms with Crippen LogP contribution in [0, 0.1) is 17.8 Å². The summed E-state index contributed by atoms with van der Waals surface area (Å²) in [5.74, 6) is 2.05. The van der Waals surface area contributed by atoms with Gasteiger partial charge in [0.15, 0.2) is 0 Å². The summed E-state index contributed by atoms with van der Waals surface area (Å²) in [6.07, 6.45) is 5.68. The Bertz CT molecular complexity index is 376. The fourth-order valence-electron chi connectivity index (χ4n) is 3.93. The van der Waals surface area contributed by atoms with E-state index in [0.29, 0.717) is 12.5 Å². The summed E-state index contributed by atoms with van der Waals surface area (Å²) in [7, 11) is 0. The fourth-order valence-corrected chi connectivity index (χ4v) is 3.93. The van der Waals surface area contributed by atoms with E-state index in [-0.39, 0.29) is 12.6 Å². The molecule has 1 saturated heterocycles. The molecule has 1 heterocycles. The lowest BCUT2D eigenvalue weighted by molar-refractivity contribution is 0.139. The molecule has 3 atom stereocenters. The SMILES string of the molecule is CC1CC(C)CN(CCCCNC(=O)NC(C)(CO)C2CC2)C1. The van der Waals surface area contributed by atoms with E-state index in [4.69, 9.17) is 0 Å². The Labute approximate surface area is 141 Å². The zero-order valence-corrected chi connectivity index (χ0v) is 15.1. The second-order valence-corrected chi connectivity index (χ2v) is 8.14. The van der Waals surface area contributed by atoms with E-state index in [1.54, 1.807) is 0 Å². The van der Waals surface area contributed by atoms with Gasteiger partial charge in [0, 0.05) is 19.6 Å². The molecule has 3 N–H and O–H groups in total. The maximum Gasteiger partial charge on any atom is 0.315 e. The van der Waals surface area contributed by atoms with Crippen LogP contribution in [0.5, 0.6) is 0 Å². The number of nitrogens with one attached hydrogen (secondary N) is 2. The van der Waals surface area contributed by atoms with Gasteiger partial charge in [0.25, 0.3) is 0 Å². The summed E-state index contributed by atoms with van der Waals surface area (Å²) < 4.78 is 0. The molecule has 0 bridgehead atoms. The van der Waals surface area contributed by atoms with Gasteiger partial charge in [-0.2, -0.15) is 0 Å². The Kier molecular flexibility index (Phi) is 6.72. The highest BCUT2D eigenvalue weighted by atomic mass is 16.3. The highest BCUT2D eigenvalue weighted by Crippen LogP contribution is 2.39. The van der Waals surface area contributed by atoms with E-state index < -0.39 is 5.54 Å². The largest absolute Gasteiger partial charge is 0.394 e. The third-order valence-corrected chi connectivity index (χ3v) is 5.34. The van der Waals surface area contributed by atoms with E-state index in [1.165, 1.54) is 19.5 Å². The number of urea groups is 1. The van der Waals surface area contributed by atoms with Crippen molar-refractivity contribution in [3.63, 3.8) is 0 Å². The Balaban J connectivity index is 1.55. The molecule has 23 heavy (non-hydrogen) atoms. The highest BCUT2D eigenvalue weighted by Gasteiger charge is 2.42. The topological polar surface area (TPSA) is 64.6 Å². The molecule has 0 aromatic heterocycles. The van der Waals surface area contributed by atoms with Crippen molar-refractivity contribution in [3.8, 4) is 0 Å². The molecule has 5 nitrogen and oxygen atoms in total. The minimum atomic E-state index is -0.454. The summed E-state index contributed by atoms with van der Waals surface area (Å²) in [6.45, 7) is 10.9. The van der Waals surface area contributed by atoms with Gasteiger partial charge in [0.2, 0.25) is 0 Å². The molecule has 2 aliphatic rings. The van der Waals surface area contributed by atoms with Gasteiger partial charge in [-0.3, -0.25) is 0 Å². The van der Waals surface area contributed by atoms with Gasteiger partial charge in [0.05, 0.1) is 12.1 Å². The van der Waals surface area contributed by atoms with Crippen LogP contribution in [0.25, 0.3) is 0 Å². The van der Waals surface area contributed by atoms with E-state index in [1.807, 2.05) is 6.92 Å². The summed E-state index contributed by atoms with van der Waals surface area (Å²) in [6, 6.07) is -0.145. The summed E-state index contributed by atoms with van der Waals surface area (Å²) in [4.78, 5) is 14.5. The molecule has 0 radical (unpaired) electrons. The van der Waals surface area contributed by atoms with E-state index in [9.17, 15) is 9.90 Å². The molecule has 1 aliphatic heterocycles. The number of likely N-dealkylation sites (tertiary alicyclic amines) is 1. The Morgan fingerprint density at radius 1 is 1.22 bits per heavy atom. The van der Waals surface area contributed by atoms with Gasteiger partial charge in [-0.25, -0.2) is 4.79 Å². The molecule has 0 aromatic carbocycles. The van der Waals surface area contributed by atoms with Gasteiger partial charge in [0.1, 0.15) is 0 Å². The van der Waals surface area contributed by atoms with Crippen molar-refractivity contribution in [1.29, 1.82) is 0 Å². The zero-order chi connectivity index (χ0) is 16.9. The predicted molar refractivity (Wildman–Crippen MR) is 93.4 cm³/mol. The van der Waals surface area contributed by atoms with Gasteiger partial charge < -0.3 is 20.6 Å². The Hall–Kier alpha value is -0.810. The molecule has 134 valence electrons. The van der Waals surface area contributed by atoms with Gasteiger partial charge in [-0.05, 0) is 63.3 Å². The van der Waals surface area contributed by atoms with Crippen molar-refractivity contribution in [1.82, 2.24) is 15.5 Å². The number of aliphatic hydroxyl groups excluding tert-OH is 1. The van der Waals surface area contributed by atoms with Crippen LogP contribution in [-0.4, -0.2) is 54.4 Å².